The summed E-state index contributed by atoms with van der Waals surface area (Å²) in [4.78, 5) is 24.2. The first kappa shape index (κ1) is 18.5. The molecular formula is C19H22N2O4. The Bertz CT molecular complexity index is 662. The molecule has 6 nitrogen and oxygen atoms in total. The molecule has 0 heterocycles. The number of benzene rings is 2. The van der Waals surface area contributed by atoms with Gasteiger partial charge in [0.1, 0.15) is 12.6 Å². The summed E-state index contributed by atoms with van der Waals surface area (Å²) in [6.45, 7) is 0.569. The molecule has 2 aromatic carbocycles. The first-order chi connectivity index (χ1) is 12.2. The minimum Gasteiger partial charge on any atom is -0.445 e. The van der Waals surface area contributed by atoms with Gasteiger partial charge in [-0.2, -0.15) is 0 Å². The van der Waals surface area contributed by atoms with Crippen molar-refractivity contribution in [1.29, 1.82) is 0 Å². The zero-order chi connectivity index (χ0) is 17.9. The van der Waals surface area contributed by atoms with Crippen molar-refractivity contribution >= 4 is 12.0 Å². The Morgan fingerprint density at radius 3 is 2.16 bits per heavy atom. The summed E-state index contributed by atoms with van der Waals surface area (Å²) in [7, 11) is 1.47. The summed E-state index contributed by atoms with van der Waals surface area (Å²) in [5.41, 5.74) is 1.84. The van der Waals surface area contributed by atoms with Crippen molar-refractivity contribution in [2.75, 3.05) is 13.7 Å². The molecule has 1 atom stereocenters. The summed E-state index contributed by atoms with van der Waals surface area (Å²) < 4.78 is 10.1. The van der Waals surface area contributed by atoms with E-state index < -0.39 is 12.1 Å². The number of alkyl carbamates (subject to hydrolysis) is 1. The summed E-state index contributed by atoms with van der Waals surface area (Å²) in [5, 5.41) is 5.30. The Kier molecular flexibility index (Phi) is 7.46. The minimum atomic E-state index is -0.822. The molecule has 0 fully saturated rings. The molecule has 2 aromatic rings. The number of ether oxygens (including phenoxy) is 2. The van der Waals surface area contributed by atoms with Crippen LogP contribution >= 0.6 is 0 Å². The maximum absolute atomic E-state index is 12.3. The van der Waals surface area contributed by atoms with Gasteiger partial charge in [-0.05, 0) is 11.1 Å². The lowest BCUT2D eigenvalue weighted by Crippen LogP contribution is -2.49. The topological polar surface area (TPSA) is 76.7 Å². The Hall–Kier alpha value is -2.86. The summed E-state index contributed by atoms with van der Waals surface area (Å²) in [6.07, 6.45) is -0.666. The van der Waals surface area contributed by atoms with Gasteiger partial charge in [0.2, 0.25) is 5.91 Å². The number of carbonyl (C=O) groups is 2. The number of nitrogens with one attached hydrogen (secondary N) is 2. The lowest BCUT2D eigenvalue weighted by atomic mass is 10.2. The molecule has 6 heteroatoms. The summed E-state index contributed by atoms with van der Waals surface area (Å²) >= 11 is 0. The molecule has 0 aliphatic carbocycles. The van der Waals surface area contributed by atoms with Gasteiger partial charge in [-0.25, -0.2) is 4.79 Å². The maximum atomic E-state index is 12.3. The number of hydrogen-bond donors (Lipinski definition) is 2. The Labute approximate surface area is 147 Å². The molecule has 0 unspecified atom stereocenters. The van der Waals surface area contributed by atoms with Crippen molar-refractivity contribution in [3.8, 4) is 0 Å². The molecule has 2 rings (SSSR count). The standard InChI is InChI=1S/C19H22N2O4/c1-24-14-17(18(22)20-12-15-8-4-2-5-9-15)21-19(23)25-13-16-10-6-3-7-11-16/h2-11,17H,12-14H2,1H3,(H,20,22)(H,21,23)/t17-/m0/s1. The first-order valence-electron chi connectivity index (χ1n) is 7.97. The highest BCUT2D eigenvalue weighted by atomic mass is 16.5. The van der Waals surface area contributed by atoms with E-state index in [0.29, 0.717) is 6.54 Å². The van der Waals surface area contributed by atoms with Crippen LogP contribution in [0.3, 0.4) is 0 Å². The smallest absolute Gasteiger partial charge is 0.408 e. The molecule has 0 spiro atoms. The van der Waals surface area contributed by atoms with Crippen molar-refractivity contribution in [2.45, 2.75) is 19.2 Å². The molecule has 0 radical (unpaired) electrons. The van der Waals surface area contributed by atoms with Gasteiger partial charge < -0.3 is 20.1 Å². The molecule has 0 saturated carbocycles. The molecule has 25 heavy (non-hydrogen) atoms. The Morgan fingerprint density at radius 2 is 1.56 bits per heavy atom. The lowest BCUT2D eigenvalue weighted by Gasteiger charge is -2.17. The number of carbonyl (C=O) groups excluding carboxylic acids is 2. The van der Waals surface area contributed by atoms with E-state index in [1.54, 1.807) is 0 Å². The number of methoxy groups -OCH3 is 1. The molecule has 0 aliphatic rings. The molecule has 0 aromatic heterocycles. The van der Waals surface area contributed by atoms with Crippen LogP contribution in [0.4, 0.5) is 4.79 Å². The van der Waals surface area contributed by atoms with Crippen LogP contribution in [0.5, 0.6) is 0 Å². The van der Waals surface area contributed by atoms with Gasteiger partial charge >= 0.3 is 6.09 Å². The van der Waals surface area contributed by atoms with E-state index in [9.17, 15) is 9.59 Å². The largest absolute Gasteiger partial charge is 0.445 e. The fourth-order valence-corrected chi connectivity index (χ4v) is 2.16. The average Bonchev–Trinajstić information content (AvgIpc) is 2.66. The third kappa shape index (κ3) is 6.64. The normalized spacial score (nSPS) is 11.4. The van der Waals surface area contributed by atoms with Crippen LogP contribution in [0, 0.1) is 0 Å². The monoisotopic (exact) mass is 342 g/mol. The predicted molar refractivity (Wildman–Crippen MR) is 93.7 cm³/mol. The van der Waals surface area contributed by atoms with Gasteiger partial charge in [-0.1, -0.05) is 60.7 Å². The van der Waals surface area contributed by atoms with Crippen LogP contribution in [0.15, 0.2) is 60.7 Å². The zero-order valence-corrected chi connectivity index (χ0v) is 14.1. The van der Waals surface area contributed by atoms with Crippen LogP contribution in [0.25, 0.3) is 0 Å². The van der Waals surface area contributed by atoms with E-state index >= 15 is 0 Å². The zero-order valence-electron chi connectivity index (χ0n) is 14.1. The van der Waals surface area contributed by atoms with E-state index in [1.165, 1.54) is 7.11 Å². The van der Waals surface area contributed by atoms with E-state index in [1.807, 2.05) is 60.7 Å². The lowest BCUT2D eigenvalue weighted by molar-refractivity contribution is -0.124. The average molecular weight is 342 g/mol. The predicted octanol–water partition coefficient (Wildman–Crippen LogP) is 2.24. The highest BCUT2D eigenvalue weighted by Gasteiger charge is 2.21. The quantitative estimate of drug-likeness (QED) is 0.771. The molecular weight excluding hydrogens is 320 g/mol. The number of hydrogen-bond acceptors (Lipinski definition) is 4. The fourth-order valence-electron chi connectivity index (χ4n) is 2.16. The van der Waals surface area contributed by atoms with Gasteiger partial charge in [-0.15, -0.1) is 0 Å². The second kappa shape index (κ2) is 10.1. The Balaban J connectivity index is 1.81. The van der Waals surface area contributed by atoms with Gasteiger partial charge in [0.25, 0.3) is 0 Å². The van der Waals surface area contributed by atoms with E-state index in [-0.39, 0.29) is 19.1 Å². The van der Waals surface area contributed by atoms with Gasteiger partial charge in [0.15, 0.2) is 0 Å². The number of rotatable bonds is 8. The van der Waals surface area contributed by atoms with Crippen molar-refractivity contribution in [3.05, 3.63) is 71.8 Å². The molecule has 132 valence electrons. The van der Waals surface area contributed by atoms with E-state index in [2.05, 4.69) is 10.6 Å². The number of amides is 2. The molecule has 0 bridgehead atoms. The van der Waals surface area contributed by atoms with Gasteiger partial charge in [-0.3, -0.25) is 4.79 Å². The highest BCUT2D eigenvalue weighted by molar-refractivity contribution is 5.85. The van der Waals surface area contributed by atoms with E-state index in [4.69, 9.17) is 9.47 Å². The van der Waals surface area contributed by atoms with Crippen molar-refractivity contribution in [3.63, 3.8) is 0 Å². The third-order valence-corrected chi connectivity index (χ3v) is 3.46. The SMILES string of the molecule is COC[C@H](NC(=O)OCc1ccccc1)C(=O)NCc1ccccc1. The van der Waals surface area contributed by atoms with Gasteiger partial charge in [0.05, 0.1) is 6.61 Å². The second-order valence-corrected chi connectivity index (χ2v) is 5.42. The highest BCUT2D eigenvalue weighted by Crippen LogP contribution is 2.01. The second-order valence-electron chi connectivity index (χ2n) is 5.42. The molecule has 2 N–H and O–H groups in total. The van der Waals surface area contributed by atoms with Crippen LogP contribution in [-0.4, -0.2) is 31.8 Å². The van der Waals surface area contributed by atoms with Gasteiger partial charge in [0, 0.05) is 13.7 Å². The maximum Gasteiger partial charge on any atom is 0.408 e. The fraction of sp³-hybridized carbons (Fsp3) is 0.263. The molecule has 0 saturated heterocycles. The third-order valence-electron chi connectivity index (χ3n) is 3.46. The van der Waals surface area contributed by atoms with Crippen LogP contribution in [0.1, 0.15) is 11.1 Å². The molecule has 0 aliphatic heterocycles. The van der Waals surface area contributed by atoms with Crippen LogP contribution in [0.2, 0.25) is 0 Å². The van der Waals surface area contributed by atoms with Crippen molar-refractivity contribution in [2.24, 2.45) is 0 Å². The van der Waals surface area contributed by atoms with Crippen LogP contribution < -0.4 is 10.6 Å². The minimum absolute atomic E-state index is 0.0566. The van der Waals surface area contributed by atoms with Crippen molar-refractivity contribution < 1.29 is 19.1 Å². The Morgan fingerprint density at radius 1 is 0.960 bits per heavy atom. The van der Waals surface area contributed by atoms with Crippen molar-refractivity contribution in [1.82, 2.24) is 10.6 Å². The summed E-state index contributed by atoms with van der Waals surface area (Å²) in [6, 6.07) is 18.0. The summed E-state index contributed by atoms with van der Waals surface area (Å²) in [5.74, 6) is -0.331. The first-order valence-corrected chi connectivity index (χ1v) is 7.97. The van der Waals surface area contributed by atoms with Crippen LogP contribution in [-0.2, 0) is 27.4 Å². The van der Waals surface area contributed by atoms with E-state index in [0.717, 1.165) is 11.1 Å². The molecule has 2 amide bonds.